The summed E-state index contributed by atoms with van der Waals surface area (Å²) in [4.78, 5) is 0. The Morgan fingerprint density at radius 3 is 1.75 bits per heavy atom. The van der Waals surface area contributed by atoms with E-state index >= 15 is 0 Å². The van der Waals surface area contributed by atoms with E-state index in [1.807, 2.05) is 6.08 Å². The molecule has 0 spiro atoms. The van der Waals surface area contributed by atoms with Gasteiger partial charge >= 0.3 is 33.7 Å². The molecule has 0 amide bonds. The third kappa shape index (κ3) is 15.4. The molecule has 1 unspecified atom stereocenters. The standard InChI is InChI=1S/C8H11.C6H7.2CH3.2ClH.GeH2.Zr/c1-6-4-7(2)8(3)5-6;1-6-4-2-3-5-6;;;;;;/h4,6H,1-3H3;4-5H,2H2,1H3;2*1H3;2*1H;1H2;/q4*-1;;;;. The van der Waals surface area contributed by atoms with Crippen LogP contribution in [0.5, 0.6) is 0 Å². The van der Waals surface area contributed by atoms with Gasteiger partial charge < -0.3 is 14.9 Å². The summed E-state index contributed by atoms with van der Waals surface area (Å²) in [6.45, 7) is 8.47. The Balaban J connectivity index is -0.0000000575. The minimum atomic E-state index is 0. The average Bonchev–Trinajstić information content (AvgIpc) is 2.82. The molecule has 2 rings (SSSR count). The number of halogens is 2. The summed E-state index contributed by atoms with van der Waals surface area (Å²) in [6, 6.07) is 0. The first-order valence-electron chi connectivity index (χ1n) is 5.47. The van der Waals surface area contributed by atoms with Crippen molar-refractivity contribution in [3.05, 3.63) is 62.0 Å². The van der Waals surface area contributed by atoms with Crippen molar-refractivity contribution in [1.82, 2.24) is 0 Å². The number of rotatable bonds is 0. The van der Waals surface area contributed by atoms with Crippen molar-refractivity contribution in [1.29, 1.82) is 0 Å². The maximum atomic E-state index is 3.29. The summed E-state index contributed by atoms with van der Waals surface area (Å²) in [5.41, 5.74) is 4.05. The van der Waals surface area contributed by atoms with E-state index in [0.717, 1.165) is 6.42 Å². The molecule has 0 aromatic carbocycles. The molecule has 2 aliphatic rings. The number of allylic oxidation sites excluding steroid dienone is 8. The van der Waals surface area contributed by atoms with E-state index in [1.54, 1.807) is 21.6 Å². The average molecular weight is 455 g/mol. The molecule has 118 valence electrons. The van der Waals surface area contributed by atoms with E-state index in [2.05, 4.69) is 52.0 Å². The van der Waals surface area contributed by atoms with Crippen LogP contribution in [0.3, 0.4) is 0 Å². The van der Waals surface area contributed by atoms with Gasteiger partial charge in [-0.1, -0.05) is 19.8 Å². The molecule has 0 radical (unpaired) electrons. The molecule has 20 heavy (non-hydrogen) atoms. The summed E-state index contributed by atoms with van der Waals surface area (Å²) < 4.78 is 0. The van der Waals surface area contributed by atoms with Gasteiger partial charge in [0, 0.05) is 0 Å². The fourth-order valence-corrected chi connectivity index (χ4v) is 1.50. The second-order valence-electron chi connectivity index (χ2n) is 3.91. The molecule has 0 saturated heterocycles. The van der Waals surface area contributed by atoms with E-state index in [0.29, 0.717) is 5.92 Å². The Bertz CT molecular complexity index is 324. The monoisotopic (exact) mass is 454 g/mol. The van der Waals surface area contributed by atoms with Crippen molar-refractivity contribution in [2.45, 2.75) is 34.1 Å². The second-order valence-corrected chi connectivity index (χ2v) is 3.91. The van der Waals surface area contributed by atoms with Crippen molar-refractivity contribution in [3.63, 3.8) is 0 Å². The van der Waals surface area contributed by atoms with E-state index in [9.17, 15) is 0 Å². The van der Waals surface area contributed by atoms with Crippen LogP contribution in [0.1, 0.15) is 34.1 Å². The van der Waals surface area contributed by atoms with Crippen LogP contribution in [-0.2, 0) is 21.6 Å². The second kappa shape index (κ2) is 20.0. The van der Waals surface area contributed by atoms with E-state index in [-0.39, 0.29) is 39.7 Å². The van der Waals surface area contributed by atoms with Crippen LogP contribution in [0.4, 0.5) is 0 Å². The zero-order valence-corrected chi connectivity index (χ0v) is 20.6. The van der Waals surface area contributed by atoms with Crippen LogP contribution in [0.25, 0.3) is 0 Å². The number of hydrogen-bond donors (Lipinski definition) is 0. The van der Waals surface area contributed by atoms with Crippen LogP contribution >= 0.6 is 24.8 Å². The van der Waals surface area contributed by atoms with Gasteiger partial charge in [0.1, 0.15) is 0 Å². The van der Waals surface area contributed by atoms with Crippen LogP contribution in [0.15, 0.2) is 34.9 Å². The Morgan fingerprint density at radius 2 is 1.65 bits per heavy atom. The Morgan fingerprint density at radius 1 is 1.15 bits per heavy atom. The van der Waals surface area contributed by atoms with Gasteiger partial charge in [0.25, 0.3) is 0 Å². The Labute approximate surface area is 159 Å². The molecule has 0 heterocycles. The first-order chi connectivity index (χ1) is 7.59. The van der Waals surface area contributed by atoms with Crippen molar-refractivity contribution in [3.8, 4) is 0 Å². The fraction of sp³-hybridized carbons (Fsp3) is 0.375. The molecule has 4 heteroatoms. The summed E-state index contributed by atoms with van der Waals surface area (Å²) in [7, 11) is 0. The van der Waals surface area contributed by atoms with Crippen molar-refractivity contribution in [2.24, 2.45) is 5.92 Å². The minimum absolute atomic E-state index is 0. The normalized spacial score (nSPS) is 16.8. The van der Waals surface area contributed by atoms with Crippen LogP contribution < -0.4 is 0 Å². The van der Waals surface area contributed by atoms with Crippen LogP contribution in [-0.4, -0.2) is 12.1 Å². The van der Waals surface area contributed by atoms with Gasteiger partial charge in [-0.3, -0.25) is 12.2 Å². The van der Waals surface area contributed by atoms with E-state index < -0.39 is 0 Å². The van der Waals surface area contributed by atoms with Crippen LogP contribution in [0, 0.1) is 32.9 Å². The Kier molecular flexibility index (Phi) is 32.7. The third-order valence-corrected chi connectivity index (χ3v) is 2.41. The topological polar surface area (TPSA) is 0 Å². The molecule has 0 aliphatic heterocycles. The molecule has 0 saturated carbocycles. The van der Waals surface area contributed by atoms with E-state index in [1.165, 1.54) is 28.9 Å². The molecule has 0 aromatic heterocycles. The summed E-state index contributed by atoms with van der Waals surface area (Å²) in [6.07, 6.45) is 13.8. The Hall–Kier alpha value is 0.966. The molecular weight excluding hydrogens is 427 g/mol. The molecule has 0 bridgehead atoms. The van der Waals surface area contributed by atoms with Gasteiger partial charge in [0.05, 0.1) is 0 Å². The van der Waals surface area contributed by atoms with Crippen molar-refractivity contribution < 1.29 is 21.6 Å². The predicted octanol–water partition coefficient (Wildman–Crippen LogP) is 4.85. The van der Waals surface area contributed by atoms with Gasteiger partial charge in [-0.2, -0.15) is 12.2 Å². The predicted molar refractivity (Wildman–Crippen MR) is 97.4 cm³/mol. The molecule has 0 fully saturated rings. The van der Waals surface area contributed by atoms with Gasteiger partial charge in [-0.15, -0.1) is 45.1 Å². The molecule has 0 N–H and O–H groups in total. The summed E-state index contributed by atoms with van der Waals surface area (Å²) in [5.74, 6) is 0.551. The molecular formula is C16H28Cl2GeZr-4. The van der Waals surface area contributed by atoms with Crippen molar-refractivity contribution >= 4 is 37.0 Å². The van der Waals surface area contributed by atoms with Crippen molar-refractivity contribution in [2.75, 3.05) is 0 Å². The first kappa shape index (κ1) is 32.8. The van der Waals surface area contributed by atoms with Gasteiger partial charge in [0.15, 0.2) is 0 Å². The molecule has 0 nitrogen and oxygen atoms in total. The molecule has 0 aromatic rings. The first-order valence-corrected chi connectivity index (χ1v) is 16.0. The maximum absolute atomic E-state index is 3.29. The number of hydrogen-bond acceptors (Lipinski definition) is 0. The zero-order valence-electron chi connectivity index (χ0n) is 13.5. The van der Waals surface area contributed by atoms with Crippen LogP contribution in [0.2, 0.25) is 0 Å². The SMILES string of the molecule is CC1=CC[C-]=C1.CC1=[C-]C(C)C=C1C.Cl.Cl.[CH3-].[CH3-].[GeH2]=[Zr]. The fourth-order valence-electron chi connectivity index (χ4n) is 1.50. The quantitative estimate of drug-likeness (QED) is 0.362. The third-order valence-electron chi connectivity index (χ3n) is 2.41. The summed E-state index contributed by atoms with van der Waals surface area (Å²) >= 11 is 3.14. The zero-order chi connectivity index (χ0) is 12.6. The van der Waals surface area contributed by atoms with Gasteiger partial charge in [-0.25, -0.2) is 22.8 Å². The molecule has 2 aliphatic carbocycles. The van der Waals surface area contributed by atoms with Gasteiger partial charge in [-0.05, 0) is 0 Å². The molecule has 1 atom stereocenters. The summed E-state index contributed by atoms with van der Waals surface area (Å²) in [5, 5.41) is 0. The van der Waals surface area contributed by atoms with E-state index in [4.69, 9.17) is 0 Å². The van der Waals surface area contributed by atoms with Gasteiger partial charge in [0.2, 0.25) is 0 Å².